The highest BCUT2D eigenvalue weighted by molar-refractivity contribution is 5.60. The van der Waals surface area contributed by atoms with Gasteiger partial charge in [-0.05, 0) is 38.5 Å². The van der Waals surface area contributed by atoms with Gasteiger partial charge in [-0.25, -0.2) is 0 Å². The molecule has 0 radical (unpaired) electrons. The van der Waals surface area contributed by atoms with E-state index in [0.29, 0.717) is 11.3 Å². The van der Waals surface area contributed by atoms with Gasteiger partial charge in [0, 0.05) is 12.1 Å². The first-order valence-electron chi connectivity index (χ1n) is 6.96. The second-order valence-corrected chi connectivity index (χ2v) is 5.31. The first-order chi connectivity index (χ1) is 10.0. The highest BCUT2D eigenvalue weighted by atomic mass is 16.5. The van der Waals surface area contributed by atoms with Crippen molar-refractivity contribution in [1.82, 2.24) is 0 Å². The lowest BCUT2D eigenvalue weighted by Crippen LogP contribution is -2.08. The molecule has 0 aromatic heterocycles. The molecule has 3 nitrogen and oxygen atoms in total. The molecule has 0 spiro atoms. The van der Waals surface area contributed by atoms with Crippen LogP contribution in [0.1, 0.15) is 35.2 Å². The molecule has 0 saturated carbocycles. The molecule has 0 fully saturated rings. The lowest BCUT2D eigenvalue weighted by Gasteiger charge is -2.19. The molecule has 0 amide bonds. The van der Waals surface area contributed by atoms with E-state index in [9.17, 15) is 0 Å². The molecular weight excluding hydrogens is 260 g/mol. The normalized spacial score (nSPS) is 11.6. The zero-order valence-electron chi connectivity index (χ0n) is 12.9. The summed E-state index contributed by atoms with van der Waals surface area (Å²) in [5, 5.41) is 12.4. The van der Waals surface area contributed by atoms with E-state index < -0.39 is 0 Å². The van der Waals surface area contributed by atoms with Crippen LogP contribution in [0.15, 0.2) is 36.4 Å². The van der Waals surface area contributed by atoms with E-state index in [2.05, 4.69) is 50.4 Å². The summed E-state index contributed by atoms with van der Waals surface area (Å²) < 4.78 is 5.36. The SMILES string of the molecule is COc1cc(C#N)ccc1NC(C)c1cc(C)cc(C)c1. The molecule has 2 rings (SSSR count). The Balaban J connectivity index is 2.27. The molecular formula is C18H20N2O. The Morgan fingerprint density at radius 1 is 1.10 bits per heavy atom. The van der Waals surface area contributed by atoms with Gasteiger partial charge in [-0.3, -0.25) is 0 Å². The summed E-state index contributed by atoms with van der Waals surface area (Å²) in [6, 6.07) is 14.2. The summed E-state index contributed by atoms with van der Waals surface area (Å²) in [7, 11) is 1.61. The van der Waals surface area contributed by atoms with Gasteiger partial charge in [-0.15, -0.1) is 0 Å². The highest BCUT2D eigenvalue weighted by Gasteiger charge is 2.10. The number of nitrogens with one attached hydrogen (secondary N) is 1. The summed E-state index contributed by atoms with van der Waals surface area (Å²) in [6.45, 7) is 6.32. The molecule has 3 heteroatoms. The van der Waals surface area contributed by atoms with Gasteiger partial charge in [-0.1, -0.05) is 29.3 Å². The van der Waals surface area contributed by atoms with Crippen LogP contribution in [0.25, 0.3) is 0 Å². The Bertz CT molecular complexity index is 666. The Morgan fingerprint density at radius 3 is 2.33 bits per heavy atom. The van der Waals surface area contributed by atoms with Crippen LogP contribution in [0, 0.1) is 25.2 Å². The van der Waals surface area contributed by atoms with E-state index in [1.165, 1.54) is 16.7 Å². The molecule has 0 aliphatic carbocycles. The lowest BCUT2D eigenvalue weighted by molar-refractivity contribution is 0.416. The molecule has 21 heavy (non-hydrogen) atoms. The van der Waals surface area contributed by atoms with Crippen molar-refractivity contribution < 1.29 is 4.74 Å². The van der Waals surface area contributed by atoms with Crippen LogP contribution in [0.4, 0.5) is 5.69 Å². The van der Waals surface area contributed by atoms with E-state index in [1.807, 2.05) is 6.07 Å². The Hall–Kier alpha value is -2.47. The summed E-state index contributed by atoms with van der Waals surface area (Å²) in [5.41, 5.74) is 5.23. The molecule has 0 bridgehead atoms. The first kappa shape index (κ1) is 14.9. The fourth-order valence-electron chi connectivity index (χ4n) is 2.46. The third kappa shape index (κ3) is 3.55. The number of methoxy groups -OCH3 is 1. The van der Waals surface area contributed by atoms with Crippen LogP contribution in [0.5, 0.6) is 5.75 Å². The standard InChI is InChI=1S/C18H20N2O/c1-12-7-13(2)9-16(8-12)14(3)20-17-6-5-15(11-19)10-18(17)21-4/h5-10,14,20H,1-4H3. The second-order valence-electron chi connectivity index (χ2n) is 5.31. The Labute approximate surface area is 126 Å². The van der Waals surface area contributed by atoms with E-state index in [0.717, 1.165) is 5.69 Å². The number of rotatable bonds is 4. The van der Waals surface area contributed by atoms with Crippen molar-refractivity contribution in [2.75, 3.05) is 12.4 Å². The maximum Gasteiger partial charge on any atom is 0.143 e. The lowest BCUT2D eigenvalue weighted by atomic mass is 10.0. The third-order valence-electron chi connectivity index (χ3n) is 3.45. The van der Waals surface area contributed by atoms with Gasteiger partial charge in [0.2, 0.25) is 0 Å². The number of ether oxygens (including phenoxy) is 1. The average Bonchev–Trinajstić information content (AvgIpc) is 2.46. The summed E-state index contributed by atoms with van der Waals surface area (Å²) in [5.74, 6) is 0.685. The zero-order chi connectivity index (χ0) is 15.4. The van der Waals surface area contributed by atoms with Crippen LogP contribution in [-0.2, 0) is 0 Å². The molecule has 0 aliphatic rings. The van der Waals surface area contributed by atoms with Crippen molar-refractivity contribution in [3.05, 3.63) is 58.7 Å². The van der Waals surface area contributed by atoms with E-state index in [4.69, 9.17) is 10.00 Å². The molecule has 0 heterocycles. The fourth-order valence-corrected chi connectivity index (χ4v) is 2.46. The van der Waals surface area contributed by atoms with Crippen molar-refractivity contribution in [2.45, 2.75) is 26.8 Å². The predicted molar refractivity (Wildman–Crippen MR) is 85.7 cm³/mol. The van der Waals surface area contributed by atoms with Gasteiger partial charge < -0.3 is 10.1 Å². The maximum atomic E-state index is 8.94. The number of hydrogen-bond donors (Lipinski definition) is 1. The maximum absolute atomic E-state index is 8.94. The molecule has 2 aromatic carbocycles. The van der Waals surface area contributed by atoms with Crippen LogP contribution in [0.2, 0.25) is 0 Å². The quantitative estimate of drug-likeness (QED) is 0.905. The first-order valence-corrected chi connectivity index (χ1v) is 6.96. The van der Waals surface area contributed by atoms with Crippen molar-refractivity contribution in [2.24, 2.45) is 0 Å². The minimum Gasteiger partial charge on any atom is -0.495 e. The molecule has 1 N–H and O–H groups in total. The van der Waals surface area contributed by atoms with Crippen molar-refractivity contribution >= 4 is 5.69 Å². The van der Waals surface area contributed by atoms with Gasteiger partial charge in [0.15, 0.2) is 0 Å². The van der Waals surface area contributed by atoms with Crippen molar-refractivity contribution in [3.63, 3.8) is 0 Å². The predicted octanol–water partition coefficient (Wildman–Crippen LogP) is 4.36. The summed E-state index contributed by atoms with van der Waals surface area (Å²) in [6.07, 6.45) is 0. The minimum absolute atomic E-state index is 0.158. The fraction of sp³-hybridized carbons (Fsp3) is 0.278. The molecule has 0 aliphatic heterocycles. The summed E-state index contributed by atoms with van der Waals surface area (Å²) >= 11 is 0. The number of benzene rings is 2. The van der Waals surface area contributed by atoms with E-state index in [-0.39, 0.29) is 6.04 Å². The van der Waals surface area contributed by atoms with Crippen LogP contribution >= 0.6 is 0 Å². The molecule has 2 aromatic rings. The van der Waals surface area contributed by atoms with Crippen LogP contribution in [0.3, 0.4) is 0 Å². The molecule has 108 valence electrons. The topological polar surface area (TPSA) is 45.0 Å². The van der Waals surface area contributed by atoms with Crippen molar-refractivity contribution in [3.8, 4) is 11.8 Å². The van der Waals surface area contributed by atoms with Gasteiger partial charge >= 0.3 is 0 Å². The molecule has 1 unspecified atom stereocenters. The largest absolute Gasteiger partial charge is 0.495 e. The van der Waals surface area contributed by atoms with Crippen LogP contribution in [-0.4, -0.2) is 7.11 Å². The second kappa shape index (κ2) is 6.32. The Morgan fingerprint density at radius 2 is 1.76 bits per heavy atom. The monoisotopic (exact) mass is 280 g/mol. The molecule has 1 atom stereocenters. The van der Waals surface area contributed by atoms with E-state index in [1.54, 1.807) is 19.2 Å². The number of nitrogens with zero attached hydrogens (tertiary/aromatic N) is 1. The van der Waals surface area contributed by atoms with Gasteiger partial charge in [-0.2, -0.15) is 5.26 Å². The van der Waals surface area contributed by atoms with Gasteiger partial charge in [0.25, 0.3) is 0 Å². The number of aryl methyl sites for hydroxylation is 2. The highest BCUT2D eigenvalue weighted by Crippen LogP contribution is 2.29. The zero-order valence-corrected chi connectivity index (χ0v) is 12.9. The third-order valence-corrected chi connectivity index (χ3v) is 3.45. The minimum atomic E-state index is 0.158. The van der Waals surface area contributed by atoms with Gasteiger partial charge in [0.1, 0.15) is 5.75 Å². The van der Waals surface area contributed by atoms with Gasteiger partial charge in [0.05, 0.1) is 24.4 Å². The number of hydrogen-bond acceptors (Lipinski definition) is 3. The van der Waals surface area contributed by atoms with E-state index >= 15 is 0 Å². The number of anilines is 1. The Kier molecular flexibility index (Phi) is 4.49. The van der Waals surface area contributed by atoms with Crippen molar-refractivity contribution in [1.29, 1.82) is 5.26 Å². The smallest absolute Gasteiger partial charge is 0.143 e. The molecule has 0 saturated heterocycles. The number of nitriles is 1. The van der Waals surface area contributed by atoms with Crippen LogP contribution < -0.4 is 10.1 Å². The summed E-state index contributed by atoms with van der Waals surface area (Å²) in [4.78, 5) is 0. The average molecular weight is 280 g/mol.